The summed E-state index contributed by atoms with van der Waals surface area (Å²) in [5.74, 6) is -0.645. The Morgan fingerprint density at radius 1 is 0.744 bits per heavy atom. The number of unbranched alkanes of at least 4 members (excludes halogenated alkanes) is 13. The van der Waals surface area contributed by atoms with Crippen molar-refractivity contribution in [3.63, 3.8) is 0 Å². The molecule has 3 rings (SSSR count). The van der Waals surface area contributed by atoms with Crippen molar-refractivity contribution in [3.05, 3.63) is 71.3 Å². The third-order valence-corrected chi connectivity index (χ3v) is 7.77. The smallest absolute Gasteiger partial charge is 0.295 e. The molecule has 1 aliphatic heterocycles. The van der Waals surface area contributed by atoms with Crippen LogP contribution in [0.4, 0.5) is 0 Å². The molecule has 39 heavy (non-hydrogen) atoms. The van der Waals surface area contributed by atoms with Crippen LogP contribution in [0.25, 0.3) is 5.76 Å². The van der Waals surface area contributed by atoms with Crippen molar-refractivity contribution in [2.24, 2.45) is 0 Å². The molecule has 1 fully saturated rings. The predicted octanol–water partition coefficient (Wildman–Crippen LogP) is 8.60. The Labute approximate surface area is 235 Å². The molecule has 0 aromatic heterocycles. The lowest BCUT2D eigenvalue weighted by atomic mass is 9.95. The van der Waals surface area contributed by atoms with Crippen LogP contribution >= 0.6 is 0 Å². The van der Waals surface area contributed by atoms with Crippen LogP contribution in [-0.2, 0) is 9.59 Å². The Bertz CT molecular complexity index is 1040. The van der Waals surface area contributed by atoms with Crippen molar-refractivity contribution in [3.8, 4) is 5.75 Å². The zero-order chi connectivity index (χ0) is 27.9. The van der Waals surface area contributed by atoms with Crippen molar-refractivity contribution >= 4 is 17.4 Å². The van der Waals surface area contributed by atoms with Crippen LogP contribution in [0.5, 0.6) is 5.75 Å². The number of ether oxygens (including phenoxy) is 1. The molecule has 0 spiro atoms. The molecular weight excluding hydrogens is 486 g/mol. The van der Waals surface area contributed by atoms with Gasteiger partial charge in [-0.05, 0) is 36.2 Å². The average Bonchev–Trinajstić information content (AvgIpc) is 3.22. The highest BCUT2D eigenvalue weighted by Crippen LogP contribution is 2.39. The zero-order valence-corrected chi connectivity index (χ0v) is 24.0. The molecule has 5 heteroatoms. The molecule has 0 saturated carbocycles. The molecule has 1 heterocycles. The monoisotopic (exact) mass is 533 g/mol. The fourth-order valence-electron chi connectivity index (χ4n) is 5.47. The average molecular weight is 534 g/mol. The number of methoxy groups -OCH3 is 1. The first kappa shape index (κ1) is 30.5. The molecule has 0 aliphatic carbocycles. The first-order valence-electron chi connectivity index (χ1n) is 15.1. The Morgan fingerprint density at radius 3 is 1.77 bits per heavy atom. The number of hydrogen-bond acceptors (Lipinski definition) is 4. The Hall–Kier alpha value is -3.08. The van der Waals surface area contributed by atoms with Gasteiger partial charge in [0.05, 0.1) is 18.7 Å². The minimum atomic E-state index is -0.623. The van der Waals surface area contributed by atoms with E-state index in [9.17, 15) is 14.7 Å². The van der Waals surface area contributed by atoms with Gasteiger partial charge >= 0.3 is 0 Å². The fourth-order valence-corrected chi connectivity index (χ4v) is 5.47. The van der Waals surface area contributed by atoms with Crippen LogP contribution in [-0.4, -0.2) is 35.4 Å². The SMILES string of the molecule is CCCCCCCCCCCCCCCCN1C(=O)C(=O)/C(=C(/O)c2ccc(OC)cc2)[C@H]1c1ccccc1. The zero-order valence-electron chi connectivity index (χ0n) is 24.0. The Kier molecular flexibility index (Phi) is 13.1. The van der Waals surface area contributed by atoms with Crippen molar-refractivity contribution in [1.82, 2.24) is 4.90 Å². The normalized spacial score (nSPS) is 16.7. The summed E-state index contributed by atoms with van der Waals surface area (Å²) in [4.78, 5) is 27.9. The van der Waals surface area contributed by atoms with Crippen molar-refractivity contribution in [2.75, 3.05) is 13.7 Å². The van der Waals surface area contributed by atoms with Gasteiger partial charge in [0.2, 0.25) is 0 Å². The van der Waals surface area contributed by atoms with Crippen LogP contribution in [0.3, 0.4) is 0 Å². The molecule has 0 radical (unpaired) electrons. The van der Waals surface area contributed by atoms with Gasteiger partial charge in [-0.2, -0.15) is 0 Å². The largest absolute Gasteiger partial charge is 0.507 e. The summed E-state index contributed by atoms with van der Waals surface area (Å²) >= 11 is 0. The number of carbonyl (C=O) groups is 2. The highest BCUT2D eigenvalue weighted by atomic mass is 16.5. The third kappa shape index (κ3) is 8.98. The number of Topliss-reactive ketones (excluding diaryl/α,β-unsaturated/α-hetero) is 1. The number of benzene rings is 2. The van der Waals surface area contributed by atoms with E-state index in [1.807, 2.05) is 30.3 Å². The maximum atomic E-state index is 13.2. The number of ketones is 1. The summed E-state index contributed by atoms with van der Waals surface area (Å²) in [6.45, 7) is 2.76. The van der Waals surface area contributed by atoms with Gasteiger partial charge in [-0.25, -0.2) is 0 Å². The van der Waals surface area contributed by atoms with E-state index < -0.39 is 17.7 Å². The van der Waals surface area contributed by atoms with Crippen molar-refractivity contribution in [1.29, 1.82) is 0 Å². The molecule has 2 aromatic carbocycles. The van der Waals surface area contributed by atoms with Gasteiger partial charge in [0.25, 0.3) is 11.7 Å². The predicted molar refractivity (Wildman–Crippen MR) is 159 cm³/mol. The number of nitrogens with zero attached hydrogens (tertiary/aromatic N) is 1. The third-order valence-electron chi connectivity index (χ3n) is 7.77. The highest BCUT2D eigenvalue weighted by molar-refractivity contribution is 6.46. The lowest BCUT2D eigenvalue weighted by Gasteiger charge is -2.25. The maximum Gasteiger partial charge on any atom is 0.295 e. The number of likely N-dealkylation sites (tertiary alicyclic amines) is 1. The van der Waals surface area contributed by atoms with Gasteiger partial charge in [0, 0.05) is 12.1 Å². The molecule has 1 N–H and O–H groups in total. The maximum absolute atomic E-state index is 13.2. The summed E-state index contributed by atoms with van der Waals surface area (Å²) in [6.07, 6.45) is 17.7. The molecule has 212 valence electrons. The van der Waals surface area contributed by atoms with Gasteiger partial charge < -0.3 is 14.7 Å². The van der Waals surface area contributed by atoms with Crippen LogP contribution in [0.2, 0.25) is 0 Å². The van der Waals surface area contributed by atoms with E-state index in [-0.39, 0.29) is 11.3 Å². The molecular formula is C34H47NO4. The first-order chi connectivity index (χ1) is 19.1. The second kappa shape index (κ2) is 16.8. The van der Waals surface area contributed by atoms with Gasteiger partial charge in [0.15, 0.2) is 0 Å². The van der Waals surface area contributed by atoms with E-state index in [1.54, 1.807) is 36.3 Å². The van der Waals surface area contributed by atoms with E-state index >= 15 is 0 Å². The highest BCUT2D eigenvalue weighted by Gasteiger charge is 2.45. The van der Waals surface area contributed by atoms with Gasteiger partial charge in [-0.15, -0.1) is 0 Å². The second-order valence-corrected chi connectivity index (χ2v) is 10.7. The van der Waals surface area contributed by atoms with E-state index in [2.05, 4.69) is 6.92 Å². The van der Waals surface area contributed by atoms with Crippen LogP contribution < -0.4 is 4.74 Å². The topological polar surface area (TPSA) is 66.8 Å². The first-order valence-corrected chi connectivity index (χ1v) is 15.1. The fraction of sp³-hybridized carbons (Fsp3) is 0.529. The lowest BCUT2D eigenvalue weighted by molar-refractivity contribution is -0.139. The van der Waals surface area contributed by atoms with E-state index in [0.717, 1.165) is 24.8 Å². The minimum absolute atomic E-state index is 0.145. The van der Waals surface area contributed by atoms with Crippen LogP contribution in [0.15, 0.2) is 60.2 Å². The molecule has 1 amide bonds. The number of carbonyl (C=O) groups excluding carboxylic acids is 2. The second-order valence-electron chi connectivity index (χ2n) is 10.7. The molecule has 1 saturated heterocycles. The summed E-state index contributed by atoms with van der Waals surface area (Å²) in [5, 5.41) is 11.2. The molecule has 0 unspecified atom stereocenters. The number of amides is 1. The number of hydrogen-bond donors (Lipinski definition) is 1. The van der Waals surface area contributed by atoms with Crippen LogP contribution in [0, 0.1) is 0 Å². The summed E-state index contributed by atoms with van der Waals surface area (Å²) in [7, 11) is 1.58. The number of aliphatic hydroxyl groups excluding tert-OH is 1. The van der Waals surface area contributed by atoms with Gasteiger partial charge in [-0.3, -0.25) is 9.59 Å². The molecule has 0 bridgehead atoms. The standard InChI is InChI=1S/C34H47NO4/c1-3-4-5-6-7-8-9-10-11-12-13-14-15-19-26-35-31(27-20-17-16-18-21-27)30(33(37)34(35)38)32(36)28-22-24-29(39-2)25-23-28/h16-18,20-25,31,36H,3-15,19,26H2,1-2H3/b32-30+/t31-/m1/s1. The number of rotatable bonds is 18. The molecule has 1 aliphatic rings. The van der Waals surface area contributed by atoms with Crippen molar-refractivity contribution in [2.45, 2.75) is 103 Å². The minimum Gasteiger partial charge on any atom is -0.507 e. The Morgan fingerprint density at radius 2 is 1.26 bits per heavy atom. The quantitative estimate of drug-likeness (QED) is 0.0901. The molecule has 2 aromatic rings. The van der Waals surface area contributed by atoms with E-state index in [1.165, 1.54) is 70.6 Å². The summed E-state index contributed by atoms with van der Waals surface area (Å²) < 4.78 is 5.21. The van der Waals surface area contributed by atoms with Crippen molar-refractivity contribution < 1.29 is 19.4 Å². The summed E-state index contributed by atoms with van der Waals surface area (Å²) in [6, 6.07) is 15.8. The molecule has 5 nitrogen and oxygen atoms in total. The van der Waals surface area contributed by atoms with Gasteiger partial charge in [-0.1, -0.05) is 121 Å². The van der Waals surface area contributed by atoms with Crippen LogP contribution in [0.1, 0.15) is 114 Å². The Balaban J connectivity index is 1.51. The molecule has 1 atom stereocenters. The lowest BCUT2D eigenvalue weighted by Crippen LogP contribution is -2.30. The van der Waals surface area contributed by atoms with Gasteiger partial charge in [0.1, 0.15) is 11.5 Å². The van der Waals surface area contributed by atoms with E-state index in [4.69, 9.17) is 4.74 Å². The number of aliphatic hydroxyl groups is 1. The van der Waals surface area contributed by atoms with E-state index in [0.29, 0.717) is 17.9 Å². The summed E-state index contributed by atoms with van der Waals surface area (Å²) in [5.41, 5.74) is 1.48.